The third-order valence-electron chi connectivity index (χ3n) is 2.39. The molecule has 16 heavy (non-hydrogen) atoms. The van der Waals surface area contributed by atoms with E-state index in [1.54, 1.807) is 7.11 Å². The summed E-state index contributed by atoms with van der Waals surface area (Å²) in [6.45, 7) is 0.242. The summed E-state index contributed by atoms with van der Waals surface area (Å²) in [7, 11) is 1.61. The van der Waals surface area contributed by atoms with E-state index in [9.17, 15) is 0 Å². The average Bonchev–Trinajstić information content (AvgIpc) is 2.97. The van der Waals surface area contributed by atoms with Crippen LogP contribution in [0.5, 0.6) is 17.2 Å². The van der Waals surface area contributed by atoms with Gasteiger partial charge in [0.15, 0.2) is 11.5 Å². The highest BCUT2D eigenvalue weighted by Gasteiger charge is 2.20. The molecule has 1 aromatic carbocycles. The Balaban J connectivity index is 2.15. The SMILES string of the molecule is COc1cc(-c2ccsn2)cc2c1OCO2. The van der Waals surface area contributed by atoms with Crippen molar-refractivity contribution < 1.29 is 14.2 Å². The summed E-state index contributed by atoms with van der Waals surface area (Å²) < 4.78 is 20.2. The summed E-state index contributed by atoms with van der Waals surface area (Å²) in [5.74, 6) is 2.06. The van der Waals surface area contributed by atoms with Crippen molar-refractivity contribution in [2.75, 3.05) is 13.9 Å². The van der Waals surface area contributed by atoms with Gasteiger partial charge in [-0.3, -0.25) is 0 Å². The first kappa shape index (κ1) is 9.47. The summed E-state index contributed by atoms with van der Waals surface area (Å²) >= 11 is 1.42. The lowest BCUT2D eigenvalue weighted by atomic mass is 10.1. The summed E-state index contributed by atoms with van der Waals surface area (Å²) in [5, 5.41) is 1.94. The molecule has 0 bridgehead atoms. The molecule has 1 aliphatic heterocycles. The van der Waals surface area contributed by atoms with Crippen molar-refractivity contribution in [3.05, 3.63) is 23.6 Å². The van der Waals surface area contributed by atoms with E-state index in [1.165, 1.54) is 11.5 Å². The molecule has 0 N–H and O–H groups in total. The Bertz CT molecular complexity index is 510. The molecule has 0 saturated carbocycles. The van der Waals surface area contributed by atoms with Gasteiger partial charge in [-0.2, -0.15) is 4.37 Å². The predicted molar refractivity (Wildman–Crippen MR) is 60.2 cm³/mol. The van der Waals surface area contributed by atoms with Crippen LogP contribution < -0.4 is 14.2 Å². The Kier molecular flexibility index (Phi) is 2.18. The third-order valence-corrected chi connectivity index (χ3v) is 2.95. The van der Waals surface area contributed by atoms with Crippen LogP contribution in [0, 0.1) is 0 Å². The molecule has 0 spiro atoms. The number of rotatable bonds is 2. The van der Waals surface area contributed by atoms with Gasteiger partial charge in [-0.25, -0.2) is 0 Å². The minimum absolute atomic E-state index is 0.242. The largest absolute Gasteiger partial charge is 0.493 e. The fourth-order valence-electron chi connectivity index (χ4n) is 1.64. The van der Waals surface area contributed by atoms with E-state index < -0.39 is 0 Å². The number of fused-ring (bicyclic) bond motifs is 1. The maximum absolute atomic E-state index is 5.35. The van der Waals surface area contributed by atoms with Gasteiger partial charge in [-0.15, -0.1) is 0 Å². The molecule has 0 fully saturated rings. The molecule has 82 valence electrons. The second-order valence-electron chi connectivity index (χ2n) is 3.30. The van der Waals surface area contributed by atoms with Gasteiger partial charge in [0.2, 0.25) is 12.5 Å². The van der Waals surface area contributed by atoms with Crippen molar-refractivity contribution in [1.29, 1.82) is 0 Å². The molecule has 4 nitrogen and oxygen atoms in total. The summed E-state index contributed by atoms with van der Waals surface area (Å²) in [6, 6.07) is 5.78. The van der Waals surface area contributed by atoms with Crippen LogP contribution in [0.25, 0.3) is 11.3 Å². The second kappa shape index (κ2) is 3.68. The number of benzene rings is 1. The monoisotopic (exact) mass is 235 g/mol. The lowest BCUT2D eigenvalue weighted by Crippen LogP contribution is -1.93. The Morgan fingerprint density at radius 3 is 3.06 bits per heavy atom. The maximum atomic E-state index is 5.35. The fraction of sp³-hybridized carbons (Fsp3) is 0.182. The predicted octanol–water partition coefficient (Wildman–Crippen LogP) is 2.55. The number of nitrogens with zero attached hydrogens (tertiary/aromatic N) is 1. The van der Waals surface area contributed by atoms with Crippen LogP contribution >= 0.6 is 11.5 Å². The van der Waals surface area contributed by atoms with Crippen LogP contribution in [-0.2, 0) is 0 Å². The quantitative estimate of drug-likeness (QED) is 0.802. The molecule has 0 atom stereocenters. The van der Waals surface area contributed by atoms with Crippen LogP contribution in [0.15, 0.2) is 23.6 Å². The normalized spacial score (nSPS) is 12.8. The van der Waals surface area contributed by atoms with E-state index in [2.05, 4.69) is 4.37 Å². The van der Waals surface area contributed by atoms with E-state index in [0.717, 1.165) is 11.3 Å². The Morgan fingerprint density at radius 1 is 1.38 bits per heavy atom. The van der Waals surface area contributed by atoms with Gasteiger partial charge in [0.1, 0.15) is 0 Å². The van der Waals surface area contributed by atoms with Crippen LogP contribution in [0.4, 0.5) is 0 Å². The Hall–Kier alpha value is -1.75. The molecule has 0 amide bonds. The van der Waals surface area contributed by atoms with Crippen molar-refractivity contribution in [2.45, 2.75) is 0 Å². The highest BCUT2D eigenvalue weighted by Crippen LogP contribution is 2.43. The molecule has 0 radical (unpaired) electrons. The topological polar surface area (TPSA) is 40.6 Å². The standard InChI is InChI=1S/C11H9NO3S/c1-13-9-4-7(8-2-3-16-12-8)5-10-11(9)15-6-14-10/h2-5H,6H2,1H3. The smallest absolute Gasteiger partial charge is 0.231 e. The molecule has 0 saturated heterocycles. The second-order valence-corrected chi connectivity index (χ2v) is 3.96. The van der Waals surface area contributed by atoms with E-state index in [4.69, 9.17) is 14.2 Å². The first-order chi connectivity index (χ1) is 7.88. The van der Waals surface area contributed by atoms with Crippen molar-refractivity contribution in [1.82, 2.24) is 4.37 Å². The molecule has 0 unspecified atom stereocenters. The van der Waals surface area contributed by atoms with Crippen molar-refractivity contribution in [3.8, 4) is 28.5 Å². The Morgan fingerprint density at radius 2 is 2.31 bits per heavy atom. The van der Waals surface area contributed by atoms with Gasteiger partial charge >= 0.3 is 0 Å². The first-order valence-corrected chi connectivity index (χ1v) is 5.60. The molecule has 2 aromatic rings. The molecule has 3 rings (SSSR count). The molecular weight excluding hydrogens is 226 g/mol. The van der Waals surface area contributed by atoms with Crippen molar-refractivity contribution >= 4 is 11.5 Å². The molecule has 2 heterocycles. The Labute approximate surface area is 96.6 Å². The van der Waals surface area contributed by atoms with Crippen LogP contribution in [0.2, 0.25) is 0 Å². The molecule has 1 aliphatic rings. The lowest BCUT2D eigenvalue weighted by Gasteiger charge is -2.06. The molecular formula is C11H9NO3S. The van der Waals surface area contributed by atoms with Gasteiger partial charge in [0.25, 0.3) is 0 Å². The summed E-state index contributed by atoms with van der Waals surface area (Å²) in [6.07, 6.45) is 0. The summed E-state index contributed by atoms with van der Waals surface area (Å²) in [5.41, 5.74) is 1.89. The van der Waals surface area contributed by atoms with E-state index >= 15 is 0 Å². The van der Waals surface area contributed by atoms with Crippen molar-refractivity contribution in [3.63, 3.8) is 0 Å². The van der Waals surface area contributed by atoms with Gasteiger partial charge in [-0.1, -0.05) is 0 Å². The van der Waals surface area contributed by atoms with Gasteiger partial charge in [0.05, 0.1) is 12.8 Å². The zero-order chi connectivity index (χ0) is 11.0. The highest BCUT2D eigenvalue weighted by atomic mass is 32.1. The minimum Gasteiger partial charge on any atom is -0.493 e. The number of hydrogen-bond acceptors (Lipinski definition) is 5. The van der Waals surface area contributed by atoms with Crippen LogP contribution in [0.3, 0.4) is 0 Å². The average molecular weight is 235 g/mol. The molecule has 0 aliphatic carbocycles. The van der Waals surface area contributed by atoms with E-state index in [-0.39, 0.29) is 6.79 Å². The van der Waals surface area contributed by atoms with E-state index in [0.29, 0.717) is 17.2 Å². The van der Waals surface area contributed by atoms with E-state index in [1.807, 2.05) is 23.6 Å². The molecule has 5 heteroatoms. The van der Waals surface area contributed by atoms with Crippen molar-refractivity contribution in [2.24, 2.45) is 0 Å². The highest BCUT2D eigenvalue weighted by molar-refractivity contribution is 7.03. The number of aromatic nitrogens is 1. The first-order valence-electron chi connectivity index (χ1n) is 4.77. The summed E-state index contributed by atoms with van der Waals surface area (Å²) in [4.78, 5) is 0. The zero-order valence-corrected chi connectivity index (χ0v) is 9.41. The van der Waals surface area contributed by atoms with Gasteiger partial charge < -0.3 is 14.2 Å². The maximum Gasteiger partial charge on any atom is 0.231 e. The van der Waals surface area contributed by atoms with Gasteiger partial charge in [0, 0.05) is 10.9 Å². The number of hydrogen-bond donors (Lipinski definition) is 0. The molecule has 1 aromatic heterocycles. The lowest BCUT2D eigenvalue weighted by molar-refractivity contribution is 0.171. The number of ether oxygens (including phenoxy) is 3. The fourth-order valence-corrected chi connectivity index (χ4v) is 2.17. The number of methoxy groups -OCH3 is 1. The zero-order valence-electron chi connectivity index (χ0n) is 8.60. The van der Waals surface area contributed by atoms with Crippen LogP contribution in [-0.4, -0.2) is 18.3 Å². The van der Waals surface area contributed by atoms with Crippen LogP contribution in [0.1, 0.15) is 0 Å². The van der Waals surface area contributed by atoms with Gasteiger partial charge in [-0.05, 0) is 29.7 Å². The third kappa shape index (κ3) is 1.40. The minimum atomic E-state index is 0.242.